The third-order valence-corrected chi connectivity index (χ3v) is 7.70. The van der Waals surface area contributed by atoms with Gasteiger partial charge < -0.3 is 19.7 Å². The van der Waals surface area contributed by atoms with E-state index in [1.54, 1.807) is 39.5 Å². The van der Waals surface area contributed by atoms with E-state index in [-0.39, 0.29) is 30.6 Å². The Labute approximate surface area is 207 Å². The Morgan fingerprint density at radius 3 is 3.03 bits per heavy atom. The van der Waals surface area contributed by atoms with Crippen molar-refractivity contribution in [3.05, 3.63) is 40.7 Å². The summed E-state index contributed by atoms with van der Waals surface area (Å²) in [6.07, 6.45) is 4.76. The quantitative estimate of drug-likeness (QED) is 0.681. The van der Waals surface area contributed by atoms with Crippen LogP contribution >= 0.6 is 23.4 Å². The normalized spacial score (nSPS) is 23.2. The van der Waals surface area contributed by atoms with E-state index in [1.807, 2.05) is 6.20 Å². The van der Waals surface area contributed by atoms with Crippen LogP contribution in [0.5, 0.6) is 5.75 Å². The van der Waals surface area contributed by atoms with Gasteiger partial charge in [0, 0.05) is 31.6 Å². The van der Waals surface area contributed by atoms with Crippen molar-refractivity contribution in [3.63, 3.8) is 0 Å². The Kier molecular flexibility index (Phi) is 7.26. The molecule has 3 heterocycles. The fourth-order valence-corrected chi connectivity index (χ4v) is 5.41. The number of fused-ring (bicyclic) bond motifs is 5. The van der Waals surface area contributed by atoms with Crippen LogP contribution in [0.25, 0.3) is 0 Å². The van der Waals surface area contributed by atoms with Crippen molar-refractivity contribution < 1.29 is 19.1 Å². The van der Waals surface area contributed by atoms with Crippen molar-refractivity contribution in [2.24, 2.45) is 5.92 Å². The lowest BCUT2D eigenvalue weighted by atomic mass is 10.1. The number of nitrogens with one attached hydrogen (secondary N) is 1. The number of aromatic nitrogens is 3. The molecule has 0 unspecified atom stereocenters. The number of carbonyl (C=O) groups is 2. The van der Waals surface area contributed by atoms with Gasteiger partial charge in [-0.3, -0.25) is 14.3 Å². The average molecular weight is 506 g/mol. The second-order valence-electron chi connectivity index (χ2n) is 9.01. The monoisotopic (exact) mass is 505 g/mol. The number of carbonyl (C=O) groups excluding carboxylic acids is 2. The van der Waals surface area contributed by atoms with Gasteiger partial charge in [0.15, 0.2) is 0 Å². The molecule has 1 aromatic carbocycles. The van der Waals surface area contributed by atoms with E-state index in [2.05, 4.69) is 15.6 Å². The van der Waals surface area contributed by atoms with E-state index in [1.165, 1.54) is 12.8 Å². The number of hydrogen-bond donors (Lipinski definition) is 1. The third kappa shape index (κ3) is 5.84. The zero-order valence-corrected chi connectivity index (χ0v) is 20.4. The highest BCUT2D eigenvalue weighted by atomic mass is 35.5. The van der Waals surface area contributed by atoms with Crippen LogP contribution in [0.3, 0.4) is 0 Å². The predicted molar refractivity (Wildman–Crippen MR) is 128 cm³/mol. The lowest BCUT2D eigenvalue weighted by Gasteiger charge is -2.20. The molecule has 2 fully saturated rings. The molecule has 5 rings (SSSR count). The average Bonchev–Trinajstić information content (AvgIpc) is 3.39. The van der Waals surface area contributed by atoms with Crippen LogP contribution in [0, 0.1) is 5.92 Å². The molecular formula is C23H28ClN5O4S. The molecule has 3 aliphatic rings. The van der Waals surface area contributed by atoms with Gasteiger partial charge >= 0.3 is 0 Å². The van der Waals surface area contributed by atoms with Crippen molar-refractivity contribution in [2.45, 2.75) is 44.6 Å². The second-order valence-corrected chi connectivity index (χ2v) is 10.4. The zero-order valence-electron chi connectivity index (χ0n) is 18.8. The maximum Gasteiger partial charge on any atom is 0.251 e. The fraction of sp³-hybridized carbons (Fsp3) is 0.565. The van der Waals surface area contributed by atoms with Gasteiger partial charge in [-0.05, 0) is 42.7 Å². The van der Waals surface area contributed by atoms with Crippen LogP contribution in [0.15, 0.2) is 24.4 Å². The largest absolute Gasteiger partial charge is 0.492 e. The molecule has 9 nitrogen and oxygen atoms in total. The van der Waals surface area contributed by atoms with Crippen molar-refractivity contribution >= 4 is 35.2 Å². The summed E-state index contributed by atoms with van der Waals surface area (Å²) in [5, 5.41) is 11.8. The molecule has 1 saturated heterocycles. The van der Waals surface area contributed by atoms with Crippen LogP contribution in [-0.2, 0) is 22.7 Å². The lowest BCUT2D eigenvalue weighted by molar-refractivity contribution is -0.127. The van der Waals surface area contributed by atoms with E-state index in [9.17, 15) is 9.59 Å². The molecule has 11 heteroatoms. The molecule has 1 saturated carbocycles. The highest BCUT2D eigenvalue weighted by Crippen LogP contribution is 2.32. The number of hydrogen-bond acceptors (Lipinski definition) is 7. The molecule has 2 aliphatic heterocycles. The summed E-state index contributed by atoms with van der Waals surface area (Å²) in [7, 11) is 0. The SMILES string of the molecule is O=C1N[C@H]2CN(C(=O)CSCC3CC3)C[C@@H]2OCc2cn(nn2)CCCOc2cc1ccc2Cl. The Balaban J connectivity index is 1.32. The predicted octanol–water partition coefficient (Wildman–Crippen LogP) is 2.38. The molecule has 0 spiro atoms. The first-order chi connectivity index (χ1) is 16.5. The van der Waals surface area contributed by atoms with Crippen molar-refractivity contribution in [2.75, 3.05) is 31.2 Å². The van der Waals surface area contributed by atoms with Gasteiger partial charge in [-0.15, -0.1) is 5.10 Å². The van der Waals surface area contributed by atoms with E-state index in [0.29, 0.717) is 60.4 Å². The first-order valence-corrected chi connectivity index (χ1v) is 13.2. The second kappa shape index (κ2) is 10.5. The minimum Gasteiger partial charge on any atom is -0.492 e. The highest BCUT2D eigenvalue weighted by Gasteiger charge is 2.37. The van der Waals surface area contributed by atoms with Gasteiger partial charge in [0.2, 0.25) is 5.91 Å². The smallest absolute Gasteiger partial charge is 0.251 e. The molecule has 0 radical (unpaired) electrons. The number of ether oxygens (including phenoxy) is 2. The number of benzene rings is 1. The summed E-state index contributed by atoms with van der Waals surface area (Å²) in [5.41, 5.74) is 1.16. The van der Waals surface area contributed by atoms with E-state index in [0.717, 1.165) is 11.7 Å². The fourth-order valence-electron chi connectivity index (χ4n) is 4.10. The van der Waals surface area contributed by atoms with Crippen molar-refractivity contribution in [1.82, 2.24) is 25.2 Å². The first kappa shape index (κ1) is 23.4. The van der Waals surface area contributed by atoms with Crippen LogP contribution < -0.4 is 10.1 Å². The van der Waals surface area contributed by atoms with E-state index in [4.69, 9.17) is 21.1 Å². The van der Waals surface area contributed by atoms with Crippen LogP contribution in [0.4, 0.5) is 0 Å². The van der Waals surface area contributed by atoms with Crippen LogP contribution in [-0.4, -0.2) is 75.1 Å². The Morgan fingerprint density at radius 1 is 1.29 bits per heavy atom. The molecule has 4 bridgehead atoms. The molecule has 1 N–H and O–H groups in total. The third-order valence-electron chi connectivity index (χ3n) is 6.23. The summed E-state index contributed by atoms with van der Waals surface area (Å²) in [6, 6.07) is 4.64. The summed E-state index contributed by atoms with van der Waals surface area (Å²) in [6.45, 7) is 2.16. The van der Waals surface area contributed by atoms with Gasteiger partial charge in [-0.1, -0.05) is 16.8 Å². The summed E-state index contributed by atoms with van der Waals surface area (Å²) in [5.74, 6) is 2.55. The first-order valence-electron chi connectivity index (χ1n) is 11.6. The number of amides is 2. The topological polar surface area (TPSA) is 98.6 Å². The minimum absolute atomic E-state index is 0.0787. The number of nitrogens with zero attached hydrogens (tertiary/aromatic N) is 4. The van der Waals surface area contributed by atoms with E-state index < -0.39 is 0 Å². The van der Waals surface area contributed by atoms with Gasteiger partial charge in [-0.25, -0.2) is 0 Å². The highest BCUT2D eigenvalue weighted by molar-refractivity contribution is 7.99. The van der Waals surface area contributed by atoms with Gasteiger partial charge in [0.1, 0.15) is 11.4 Å². The Morgan fingerprint density at radius 2 is 2.18 bits per heavy atom. The Bertz CT molecular complexity index is 1050. The number of thioether (sulfide) groups is 1. The summed E-state index contributed by atoms with van der Waals surface area (Å²) >= 11 is 7.96. The molecule has 182 valence electrons. The number of rotatable bonds is 4. The maximum absolute atomic E-state index is 13.1. The zero-order chi connectivity index (χ0) is 23.5. The van der Waals surface area contributed by atoms with E-state index >= 15 is 0 Å². The lowest BCUT2D eigenvalue weighted by Crippen LogP contribution is -2.44. The molecule has 1 aromatic heterocycles. The molecule has 1 aliphatic carbocycles. The number of halogens is 1. The molecule has 2 atom stereocenters. The summed E-state index contributed by atoms with van der Waals surface area (Å²) in [4.78, 5) is 27.7. The molecule has 2 aromatic rings. The van der Waals surface area contributed by atoms with Gasteiger partial charge in [0.25, 0.3) is 5.91 Å². The number of likely N-dealkylation sites (tertiary alicyclic amines) is 1. The van der Waals surface area contributed by atoms with Gasteiger partial charge in [0.05, 0.1) is 42.3 Å². The van der Waals surface area contributed by atoms with Crippen LogP contribution in [0.1, 0.15) is 35.3 Å². The van der Waals surface area contributed by atoms with Crippen LogP contribution in [0.2, 0.25) is 5.02 Å². The Hall–Kier alpha value is -2.30. The molecule has 34 heavy (non-hydrogen) atoms. The van der Waals surface area contributed by atoms with Gasteiger partial charge in [-0.2, -0.15) is 11.8 Å². The van der Waals surface area contributed by atoms with Crippen molar-refractivity contribution in [1.29, 1.82) is 0 Å². The van der Waals surface area contributed by atoms with Crippen molar-refractivity contribution in [3.8, 4) is 5.75 Å². The minimum atomic E-state index is -0.345. The molecular weight excluding hydrogens is 478 g/mol. The number of aryl methyl sites for hydroxylation is 1. The summed E-state index contributed by atoms with van der Waals surface area (Å²) < 4.78 is 13.7. The standard InChI is InChI=1S/C23H28ClN5O4S/c24-18-5-4-16-8-20(18)32-7-1-6-29-9-17(26-27-29)12-33-21-11-28(10-19(21)25-23(16)31)22(30)14-34-13-15-2-3-15/h4-5,8-9,15,19,21H,1-3,6-7,10-14H2,(H,25,31)/t19-,21-/m0/s1. The maximum atomic E-state index is 13.1. The molecule has 2 amide bonds.